The normalized spacial score (nSPS) is 21.8. The molecule has 0 radical (unpaired) electrons. The van der Waals surface area contributed by atoms with Crippen molar-refractivity contribution in [2.24, 2.45) is 0 Å². The van der Waals surface area contributed by atoms with Crippen molar-refractivity contribution in [3.05, 3.63) is 71.8 Å². The van der Waals surface area contributed by atoms with E-state index in [0.29, 0.717) is 5.71 Å². The van der Waals surface area contributed by atoms with Gasteiger partial charge in [-0.2, -0.15) is 0 Å². The van der Waals surface area contributed by atoms with Gasteiger partial charge in [0.05, 0.1) is 0 Å². The van der Waals surface area contributed by atoms with Crippen molar-refractivity contribution < 1.29 is 15.2 Å². The Morgan fingerprint density at radius 3 is 2.05 bits per heavy atom. The molecule has 0 bridgehead atoms. The van der Waals surface area contributed by atoms with Crippen LogP contribution < -0.4 is 0 Å². The van der Waals surface area contributed by atoms with Crippen LogP contribution in [0.25, 0.3) is 0 Å². The molecule has 1 aliphatic rings. The van der Waals surface area contributed by atoms with Crippen LogP contribution >= 0.6 is 0 Å². The highest BCUT2D eigenvalue weighted by atomic mass is 16.5. The third-order valence-corrected chi connectivity index (χ3v) is 3.99. The van der Waals surface area contributed by atoms with Gasteiger partial charge in [-0.15, -0.1) is 5.06 Å². The maximum Gasteiger partial charge on any atom is 0.305 e. The van der Waals surface area contributed by atoms with Gasteiger partial charge in [0.15, 0.2) is 0 Å². The Labute approximate surface area is 124 Å². The second-order valence-electron chi connectivity index (χ2n) is 5.75. The minimum atomic E-state index is -0.698. The average molecular weight is 283 g/mol. The summed E-state index contributed by atoms with van der Waals surface area (Å²) in [6, 6.07) is 19.1. The molecule has 2 aromatic carbocycles. The van der Waals surface area contributed by atoms with E-state index in [1.54, 1.807) is 0 Å². The molecule has 0 saturated heterocycles. The first-order valence-corrected chi connectivity index (χ1v) is 6.97. The second kappa shape index (κ2) is 4.98. The van der Waals surface area contributed by atoms with Crippen molar-refractivity contribution in [1.82, 2.24) is 5.06 Å². The van der Waals surface area contributed by atoms with Crippen molar-refractivity contribution in [1.29, 1.82) is 0 Å². The predicted octanol–water partition coefficient (Wildman–Crippen LogP) is 3.06. The van der Waals surface area contributed by atoms with E-state index < -0.39 is 11.7 Å². The van der Waals surface area contributed by atoms with E-state index in [9.17, 15) is 10.4 Å². The zero-order chi connectivity index (χ0) is 15.0. The third kappa shape index (κ3) is 2.13. The largest absolute Gasteiger partial charge is 0.307 e. The fourth-order valence-corrected chi connectivity index (χ4v) is 2.91. The summed E-state index contributed by atoms with van der Waals surface area (Å²) in [5.74, 6) is 0. The van der Waals surface area contributed by atoms with Gasteiger partial charge in [0, 0.05) is 15.9 Å². The molecule has 4 heteroatoms. The Bertz CT molecular complexity index is 666. The molecular weight excluding hydrogens is 264 g/mol. The SMILES string of the molecule is CC1(C)C(c2ccccc2)=[N+](O)C(c2ccccc2)N1O. The molecule has 108 valence electrons. The molecule has 0 spiro atoms. The van der Waals surface area contributed by atoms with Crippen molar-refractivity contribution in [2.75, 3.05) is 0 Å². The topological polar surface area (TPSA) is 46.7 Å². The maximum absolute atomic E-state index is 10.7. The van der Waals surface area contributed by atoms with E-state index in [-0.39, 0.29) is 0 Å². The Morgan fingerprint density at radius 1 is 0.952 bits per heavy atom. The molecule has 1 unspecified atom stereocenters. The molecular formula is C17H19N2O2+. The van der Waals surface area contributed by atoms with Gasteiger partial charge in [-0.25, -0.2) is 0 Å². The first-order chi connectivity index (χ1) is 10.0. The maximum atomic E-state index is 10.7. The van der Waals surface area contributed by atoms with Gasteiger partial charge in [-0.3, -0.25) is 5.21 Å². The van der Waals surface area contributed by atoms with E-state index in [2.05, 4.69) is 0 Å². The van der Waals surface area contributed by atoms with Crippen LogP contribution in [0.2, 0.25) is 0 Å². The van der Waals surface area contributed by atoms with Gasteiger partial charge in [-0.1, -0.05) is 48.5 Å². The molecule has 0 aliphatic carbocycles. The lowest BCUT2D eigenvalue weighted by Crippen LogP contribution is -2.44. The number of hydrogen-bond acceptors (Lipinski definition) is 3. The molecule has 4 nitrogen and oxygen atoms in total. The first kappa shape index (κ1) is 13.8. The fraction of sp³-hybridized carbons (Fsp3) is 0.235. The molecule has 21 heavy (non-hydrogen) atoms. The number of hydroxylamine groups is 3. The van der Waals surface area contributed by atoms with Crippen LogP contribution in [0.15, 0.2) is 60.7 Å². The quantitative estimate of drug-likeness (QED) is 0.658. The highest BCUT2D eigenvalue weighted by molar-refractivity contribution is 6.03. The van der Waals surface area contributed by atoms with Crippen LogP contribution in [-0.2, 0) is 0 Å². The molecule has 3 rings (SSSR count). The van der Waals surface area contributed by atoms with E-state index in [4.69, 9.17) is 0 Å². The molecule has 0 amide bonds. The standard InChI is InChI=1S/C17H19N2O2/c1-17(2)15(13-9-5-3-6-10-13)18(20)16(19(17)21)14-11-7-4-8-12-14/h3-12,16,20-21H,1-2H3/q+1. The van der Waals surface area contributed by atoms with Crippen LogP contribution in [-0.4, -0.2) is 31.5 Å². The Balaban J connectivity index is 2.15. The third-order valence-electron chi connectivity index (χ3n) is 3.99. The summed E-state index contributed by atoms with van der Waals surface area (Å²) < 4.78 is 1.16. The highest BCUT2D eigenvalue weighted by Gasteiger charge is 2.55. The molecule has 2 aromatic rings. The summed E-state index contributed by atoms with van der Waals surface area (Å²) in [7, 11) is 0. The molecule has 0 fully saturated rings. The first-order valence-electron chi connectivity index (χ1n) is 6.97. The molecule has 2 N–H and O–H groups in total. The lowest BCUT2D eigenvalue weighted by molar-refractivity contribution is -0.816. The van der Waals surface area contributed by atoms with Crippen molar-refractivity contribution in [3.8, 4) is 0 Å². The van der Waals surface area contributed by atoms with Crippen molar-refractivity contribution in [2.45, 2.75) is 25.6 Å². The van der Waals surface area contributed by atoms with E-state index in [1.165, 1.54) is 5.06 Å². The summed E-state index contributed by atoms with van der Waals surface area (Å²) in [4.78, 5) is 0. The minimum Gasteiger partial charge on any atom is -0.307 e. The monoisotopic (exact) mass is 283 g/mol. The Morgan fingerprint density at radius 2 is 1.48 bits per heavy atom. The van der Waals surface area contributed by atoms with Gasteiger partial charge in [0.25, 0.3) is 5.71 Å². The minimum absolute atomic E-state index is 0.614. The Hall–Kier alpha value is -2.17. The zero-order valence-electron chi connectivity index (χ0n) is 12.1. The Kier molecular flexibility index (Phi) is 3.27. The lowest BCUT2D eigenvalue weighted by atomic mass is 9.93. The van der Waals surface area contributed by atoms with Gasteiger partial charge in [-0.05, 0) is 26.0 Å². The van der Waals surface area contributed by atoms with Crippen LogP contribution in [0.1, 0.15) is 31.1 Å². The summed E-state index contributed by atoms with van der Waals surface area (Å²) in [6.45, 7) is 3.78. The van der Waals surface area contributed by atoms with Crippen LogP contribution in [0.4, 0.5) is 0 Å². The molecule has 1 atom stereocenters. The lowest BCUT2D eigenvalue weighted by Gasteiger charge is -2.24. The predicted molar refractivity (Wildman–Crippen MR) is 79.5 cm³/mol. The number of rotatable bonds is 2. The average Bonchev–Trinajstić information content (AvgIpc) is 2.67. The van der Waals surface area contributed by atoms with Crippen molar-refractivity contribution >= 4 is 5.71 Å². The smallest absolute Gasteiger partial charge is 0.305 e. The van der Waals surface area contributed by atoms with Crippen LogP contribution in [0.3, 0.4) is 0 Å². The highest BCUT2D eigenvalue weighted by Crippen LogP contribution is 2.36. The van der Waals surface area contributed by atoms with Gasteiger partial charge in [0.2, 0.25) is 0 Å². The number of benzene rings is 2. The molecule has 1 aliphatic heterocycles. The summed E-state index contributed by atoms with van der Waals surface area (Å²) in [6.07, 6.45) is -0.614. The molecule has 0 saturated carbocycles. The molecule has 1 heterocycles. The van der Waals surface area contributed by atoms with E-state index in [1.807, 2.05) is 74.5 Å². The summed E-state index contributed by atoms with van der Waals surface area (Å²) in [5, 5.41) is 22.4. The van der Waals surface area contributed by atoms with Crippen molar-refractivity contribution in [3.63, 3.8) is 0 Å². The van der Waals surface area contributed by atoms with E-state index >= 15 is 0 Å². The van der Waals surface area contributed by atoms with Crippen LogP contribution in [0.5, 0.6) is 0 Å². The summed E-state index contributed by atoms with van der Waals surface area (Å²) in [5.41, 5.74) is 1.71. The molecule has 0 aromatic heterocycles. The second-order valence-corrected chi connectivity index (χ2v) is 5.75. The van der Waals surface area contributed by atoms with Gasteiger partial charge < -0.3 is 5.21 Å². The van der Waals surface area contributed by atoms with E-state index in [0.717, 1.165) is 15.9 Å². The number of nitrogens with zero attached hydrogens (tertiary/aromatic N) is 2. The fourth-order valence-electron chi connectivity index (χ4n) is 2.91. The van der Waals surface area contributed by atoms with Gasteiger partial charge in [0.1, 0.15) is 5.54 Å². The summed E-state index contributed by atoms with van der Waals surface area (Å²) >= 11 is 0. The van der Waals surface area contributed by atoms with Gasteiger partial charge >= 0.3 is 6.17 Å². The van der Waals surface area contributed by atoms with Crippen LogP contribution in [0, 0.1) is 0 Å². The zero-order valence-corrected chi connectivity index (χ0v) is 12.1. The number of hydrogen-bond donors (Lipinski definition) is 2.